The fourth-order valence-corrected chi connectivity index (χ4v) is 3.36. The Bertz CT molecular complexity index is 501. The molecule has 0 spiro atoms. The first-order chi connectivity index (χ1) is 8.78. The van der Waals surface area contributed by atoms with Crippen LogP contribution in [0.2, 0.25) is 0 Å². The third kappa shape index (κ3) is 2.56. The Balaban J connectivity index is 2.48. The second-order valence-corrected chi connectivity index (χ2v) is 6.97. The highest BCUT2D eigenvalue weighted by Crippen LogP contribution is 2.43. The number of hydrogen-bond acceptors (Lipinski definition) is 2. The number of rotatable bonds is 2. The fraction of sp³-hybridized carbons (Fsp3) is 0.533. The Morgan fingerprint density at radius 1 is 1.42 bits per heavy atom. The Labute approximate surface area is 122 Å². The van der Waals surface area contributed by atoms with E-state index in [0.717, 1.165) is 16.6 Å². The zero-order valence-electron chi connectivity index (χ0n) is 11.6. The largest absolute Gasteiger partial charge is 0.481 e. The van der Waals surface area contributed by atoms with Crippen molar-refractivity contribution in [2.45, 2.75) is 37.6 Å². The van der Waals surface area contributed by atoms with Crippen LogP contribution in [0.25, 0.3) is 0 Å². The van der Waals surface area contributed by atoms with Crippen LogP contribution in [-0.2, 0) is 10.2 Å². The number of aliphatic carboxylic acids is 1. The van der Waals surface area contributed by atoms with Gasteiger partial charge in [0.1, 0.15) is 0 Å². The predicted molar refractivity (Wildman–Crippen MR) is 79.4 cm³/mol. The third-order valence-electron chi connectivity index (χ3n) is 4.43. The van der Waals surface area contributed by atoms with Crippen LogP contribution in [0.3, 0.4) is 0 Å². The minimum Gasteiger partial charge on any atom is -0.481 e. The summed E-state index contributed by atoms with van der Waals surface area (Å²) >= 11 is 3.44. The van der Waals surface area contributed by atoms with Crippen molar-refractivity contribution in [2.75, 3.05) is 13.6 Å². The van der Waals surface area contributed by atoms with Gasteiger partial charge in [0.25, 0.3) is 0 Å². The second kappa shape index (κ2) is 4.91. The number of piperidine rings is 1. The molecule has 104 valence electrons. The lowest BCUT2D eigenvalue weighted by molar-refractivity contribution is -0.148. The zero-order chi connectivity index (χ0) is 14.3. The summed E-state index contributed by atoms with van der Waals surface area (Å²) in [6.45, 7) is 5.02. The Morgan fingerprint density at radius 2 is 2.11 bits per heavy atom. The van der Waals surface area contributed by atoms with E-state index in [1.165, 1.54) is 0 Å². The number of likely N-dealkylation sites (tertiary alicyclic amines) is 1. The highest BCUT2D eigenvalue weighted by Gasteiger charge is 2.49. The van der Waals surface area contributed by atoms with Crippen molar-refractivity contribution in [3.63, 3.8) is 0 Å². The highest BCUT2D eigenvalue weighted by molar-refractivity contribution is 9.10. The number of halogens is 1. The lowest BCUT2D eigenvalue weighted by atomic mass is 9.67. The molecule has 1 saturated heterocycles. The molecular formula is C15H20BrNO2. The van der Waals surface area contributed by atoms with Gasteiger partial charge in [-0.3, -0.25) is 4.79 Å². The summed E-state index contributed by atoms with van der Waals surface area (Å²) < 4.78 is 0.933. The van der Waals surface area contributed by atoms with Gasteiger partial charge < -0.3 is 10.0 Å². The molecule has 2 rings (SSSR count). The zero-order valence-corrected chi connectivity index (χ0v) is 13.2. The normalized spacial score (nSPS) is 27.2. The molecule has 0 bridgehead atoms. The molecule has 1 aromatic rings. The van der Waals surface area contributed by atoms with E-state index in [4.69, 9.17) is 0 Å². The highest BCUT2D eigenvalue weighted by atomic mass is 79.9. The van der Waals surface area contributed by atoms with Crippen LogP contribution >= 0.6 is 15.9 Å². The topological polar surface area (TPSA) is 40.5 Å². The van der Waals surface area contributed by atoms with Crippen molar-refractivity contribution in [1.29, 1.82) is 0 Å². The van der Waals surface area contributed by atoms with Crippen LogP contribution in [0.4, 0.5) is 0 Å². The second-order valence-electron chi connectivity index (χ2n) is 6.06. The van der Waals surface area contributed by atoms with Crippen molar-refractivity contribution in [2.24, 2.45) is 0 Å². The van der Waals surface area contributed by atoms with Crippen LogP contribution in [0.5, 0.6) is 0 Å². The summed E-state index contributed by atoms with van der Waals surface area (Å²) in [7, 11) is 2.06. The summed E-state index contributed by atoms with van der Waals surface area (Å²) in [5, 5.41) is 9.82. The van der Waals surface area contributed by atoms with Crippen LogP contribution in [0.15, 0.2) is 28.7 Å². The number of carbonyl (C=O) groups is 1. The number of nitrogens with zero attached hydrogens (tertiary/aromatic N) is 1. The average Bonchev–Trinajstić information content (AvgIpc) is 2.32. The van der Waals surface area contributed by atoms with Crippen molar-refractivity contribution in [3.05, 3.63) is 34.3 Å². The summed E-state index contributed by atoms with van der Waals surface area (Å²) in [4.78, 5) is 14.2. The van der Waals surface area contributed by atoms with Gasteiger partial charge in [-0.2, -0.15) is 0 Å². The van der Waals surface area contributed by atoms with E-state index in [1.807, 2.05) is 24.3 Å². The van der Waals surface area contributed by atoms with Crippen LogP contribution < -0.4 is 0 Å². The summed E-state index contributed by atoms with van der Waals surface area (Å²) in [5.74, 6) is -0.716. The molecule has 1 heterocycles. The smallest absolute Gasteiger partial charge is 0.314 e. The van der Waals surface area contributed by atoms with E-state index >= 15 is 0 Å². The molecule has 3 nitrogen and oxygen atoms in total. The molecule has 0 saturated carbocycles. The molecule has 1 fully saturated rings. The third-order valence-corrected chi connectivity index (χ3v) is 4.92. The maximum atomic E-state index is 11.9. The number of benzene rings is 1. The van der Waals surface area contributed by atoms with Gasteiger partial charge in [0.05, 0.1) is 5.41 Å². The molecular weight excluding hydrogens is 306 g/mol. The summed E-state index contributed by atoms with van der Waals surface area (Å²) in [6.07, 6.45) is 1.28. The van der Waals surface area contributed by atoms with Crippen LogP contribution in [0.1, 0.15) is 32.3 Å². The predicted octanol–water partition coefficient (Wildman–Crippen LogP) is 3.28. The van der Waals surface area contributed by atoms with Gasteiger partial charge in [0, 0.05) is 10.0 Å². The lowest BCUT2D eigenvalue weighted by Crippen LogP contribution is -2.56. The molecule has 4 heteroatoms. The molecule has 0 radical (unpaired) electrons. The SMILES string of the molecule is CN1CCC(C(=O)O)(c2cccc(Br)c2)CC1(C)C. The van der Waals surface area contributed by atoms with Gasteiger partial charge >= 0.3 is 5.97 Å². The first-order valence-electron chi connectivity index (χ1n) is 6.49. The Morgan fingerprint density at radius 3 is 2.63 bits per heavy atom. The van der Waals surface area contributed by atoms with E-state index in [0.29, 0.717) is 12.8 Å². The van der Waals surface area contributed by atoms with E-state index < -0.39 is 11.4 Å². The minimum atomic E-state index is -0.778. The molecule has 1 atom stereocenters. The van der Waals surface area contributed by atoms with E-state index in [2.05, 4.69) is 41.7 Å². The first-order valence-corrected chi connectivity index (χ1v) is 7.28. The maximum absolute atomic E-state index is 11.9. The lowest BCUT2D eigenvalue weighted by Gasteiger charge is -2.48. The maximum Gasteiger partial charge on any atom is 0.314 e. The Hall–Kier alpha value is -0.870. The molecule has 0 aromatic heterocycles. The van der Waals surface area contributed by atoms with E-state index in [9.17, 15) is 9.90 Å². The molecule has 0 aliphatic carbocycles. The fourth-order valence-electron chi connectivity index (χ4n) is 2.96. The molecule has 19 heavy (non-hydrogen) atoms. The van der Waals surface area contributed by atoms with E-state index in [-0.39, 0.29) is 5.54 Å². The minimum absolute atomic E-state index is 0.112. The molecule has 1 aliphatic heterocycles. The van der Waals surface area contributed by atoms with Gasteiger partial charge in [-0.1, -0.05) is 28.1 Å². The van der Waals surface area contributed by atoms with Crippen molar-refractivity contribution >= 4 is 21.9 Å². The van der Waals surface area contributed by atoms with Gasteiger partial charge in [-0.15, -0.1) is 0 Å². The van der Waals surface area contributed by atoms with Crippen LogP contribution in [0, 0.1) is 0 Å². The van der Waals surface area contributed by atoms with Gasteiger partial charge in [-0.05, 0) is 58.0 Å². The molecule has 1 aliphatic rings. The van der Waals surface area contributed by atoms with Crippen molar-refractivity contribution in [3.8, 4) is 0 Å². The quantitative estimate of drug-likeness (QED) is 0.907. The molecule has 0 amide bonds. The van der Waals surface area contributed by atoms with Crippen molar-refractivity contribution in [1.82, 2.24) is 4.90 Å². The van der Waals surface area contributed by atoms with Gasteiger partial charge in [0.2, 0.25) is 0 Å². The first kappa shape index (κ1) is 14.5. The average molecular weight is 326 g/mol. The standard InChI is InChI=1S/C15H20BrNO2/c1-14(2)10-15(13(18)19,7-8-17(14)3)11-5-4-6-12(16)9-11/h4-6,9H,7-8,10H2,1-3H3,(H,18,19). The number of carboxylic acid groups (broad SMARTS) is 1. The number of carboxylic acids is 1. The van der Waals surface area contributed by atoms with Crippen LogP contribution in [-0.4, -0.2) is 35.1 Å². The van der Waals surface area contributed by atoms with Crippen molar-refractivity contribution < 1.29 is 9.90 Å². The van der Waals surface area contributed by atoms with Gasteiger partial charge in [-0.25, -0.2) is 0 Å². The monoisotopic (exact) mass is 325 g/mol. The summed E-state index contributed by atoms with van der Waals surface area (Å²) in [6, 6.07) is 7.71. The number of hydrogen-bond donors (Lipinski definition) is 1. The van der Waals surface area contributed by atoms with Gasteiger partial charge in [0.15, 0.2) is 0 Å². The molecule has 1 unspecified atom stereocenters. The molecule has 1 aromatic carbocycles. The molecule has 1 N–H and O–H groups in total. The summed E-state index contributed by atoms with van der Waals surface area (Å²) in [5.41, 5.74) is 0.00853. The Kier molecular flexibility index (Phi) is 3.76. The van der Waals surface area contributed by atoms with E-state index in [1.54, 1.807) is 0 Å².